The van der Waals surface area contributed by atoms with E-state index in [0.717, 1.165) is 21.2 Å². The van der Waals surface area contributed by atoms with E-state index in [1.165, 1.54) is 10.6 Å². The summed E-state index contributed by atoms with van der Waals surface area (Å²) in [5, 5.41) is 3.06. The molecule has 0 radical (unpaired) electrons. The highest BCUT2D eigenvalue weighted by Gasteiger charge is 2.32. The Morgan fingerprint density at radius 1 is 0.902 bits per heavy atom. The molecule has 220 valence electrons. The summed E-state index contributed by atoms with van der Waals surface area (Å²) in [4.78, 5) is 29.2. The second-order valence-electron chi connectivity index (χ2n) is 11.3. The van der Waals surface area contributed by atoms with Crippen molar-refractivity contribution in [3.05, 3.63) is 100 Å². The molecule has 1 N–H and O–H groups in total. The standard InChI is InChI=1S/C32H40BrN3O4S/c1-24-12-9-10-15-28(24)36(41(5,39)40)21-11-16-30(37)35(23-26-17-19-27(33)20-18-26)29(31(38)34-32(2,3)4)22-25-13-7-6-8-14-25/h6-10,12-15,17-20,29H,11,16,21-23H2,1-5H3,(H,34,38)/t29-/m0/s1. The van der Waals surface area contributed by atoms with E-state index in [2.05, 4.69) is 21.2 Å². The molecule has 0 saturated heterocycles. The maximum absolute atomic E-state index is 13.9. The molecule has 0 saturated carbocycles. The number of halogens is 1. The number of hydrogen-bond donors (Lipinski definition) is 1. The Bertz CT molecular complexity index is 1420. The minimum absolute atomic E-state index is 0.0858. The van der Waals surface area contributed by atoms with Crippen molar-refractivity contribution in [1.29, 1.82) is 0 Å². The van der Waals surface area contributed by atoms with E-state index in [0.29, 0.717) is 18.5 Å². The van der Waals surface area contributed by atoms with Crippen molar-refractivity contribution in [1.82, 2.24) is 10.2 Å². The zero-order valence-electron chi connectivity index (χ0n) is 24.4. The second kappa shape index (κ2) is 14.1. The van der Waals surface area contributed by atoms with Crippen molar-refractivity contribution in [3.63, 3.8) is 0 Å². The van der Waals surface area contributed by atoms with E-state index >= 15 is 0 Å². The maximum Gasteiger partial charge on any atom is 0.243 e. The van der Waals surface area contributed by atoms with Gasteiger partial charge in [0.1, 0.15) is 6.04 Å². The van der Waals surface area contributed by atoms with Gasteiger partial charge in [-0.05, 0) is 69.0 Å². The lowest BCUT2D eigenvalue weighted by Crippen LogP contribution is -2.54. The van der Waals surface area contributed by atoms with E-state index in [9.17, 15) is 18.0 Å². The van der Waals surface area contributed by atoms with Crippen LogP contribution >= 0.6 is 15.9 Å². The van der Waals surface area contributed by atoms with E-state index in [-0.39, 0.29) is 31.3 Å². The fourth-order valence-corrected chi connectivity index (χ4v) is 5.91. The van der Waals surface area contributed by atoms with Gasteiger partial charge in [-0.2, -0.15) is 0 Å². The number of benzene rings is 3. The Morgan fingerprint density at radius 3 is 2.10 bits per heavy atom. The van der Waals surface area contributed by atoms with Gasteiger partial charge in [-0.25, -0.2) is 8.42 Å². The third-order valence-electron chi connectivity index (χ3n) is 6.57. The number of para-hydroxylation sites is 1. The van der Waals surface area contributed by atoms with Gasteiger partial charge < -0.3 is 10.2 Å². The van der Waals surface area contributed by atoms with Gasteiger partial charge in [0.2, 0.25) is 21.8 Å². The zero-order valence-corrected chi connectivity index (χ0v) is 26.8. The molecule has 3 aromatic carbocycles. The first-order valence-electron chi connectivity index (χ1n) is 13.7. The summed E-state index contributed by atoms with van der Waals surface area (Å²) >= 11 is 3.46. The van der Waals surface area contributed by atoms with Crippen LogP contribution in [-0.4, -0.2) is 49.5 Å². The molecular formula is C32H40BrN3O4S. The average Bonchev–Trinajstić information content (AvgIpc) is 2.89. The number of carbonyl (C=O) groups excluding carboxylic acids is 2. The Morgan fingerprint density at radius 2 is 1.51 bits per heavy atom. The van der Waals surface area contributed by atoms with Crippen LogP contribution in [0.4, 0.5) is 5.69 Å². The molecule has 0 aromatic heterocycles. The van der Waals surface area contributed by atoms with E-state index in [1.54, 1.807) is 17.0 Å². The number of aryl methyl sites for hydroxylation is 1. The van der Waals surface area contributed by atoms with Gasteiger partial charge in [0.05, 0.1) is 11.9 Å². The number of sulfonamides is 1. The van der Waals surface area contributed by atoms with E-state index in [1.807, 2.05) is 94.4 Å². The minimum Gasteiger partial charge on any atom is -0.350 e. The summed E-state index contributed by atoms with van der Waals surface area (Å²) in [5.74, 6) is -0.444. The highest BCUT2D eigenvalue weighted by Crippen LogP contribution is 2.24. The van der Waals surface area contributed by atoms with Gasteiger partial charge in [0.25, 0.3) is 0 Å². The molecular weight excluding hydrogens is 602 g/mol. The number of carbonyl (C=O) groups is 2. The molecule has 0 unspecified atom stereocenters. The molecule has 2 amide bonds. The summed E-state index contributed by atoms with van der Waals surface area (Å²) in [7, 11) is -3.56. The molecule has 0 aliphatic heterocycles. The number of rotatable bonds is 12. The van der Waals surface area contributed by atoms with Gasteiger partial charge in [-0.1, -0.05) is 76.6 Å². The first kappa shape index (κ1) is 32.3. The van der Waals surface area contributed by atoms with Crippen molar-refractivity contribution in [2.45, 2.75) is 65.1 Å². The third-order valence-corrected chi connectivity index (χ3v) is 8.28. The van der Waals surface area contributed by atoms with E-state index in [4.69, 9.17) is 0 Å². The predicted octanol–water partition coefficient (Wildman–Crippen LogP) is 5.86. The normalized spacial score (nSPS) is 12.4. The molecule has 0 fully saturated rings. The summed E-state index contributed by atoms with van der Waals surface area (Å²) in [6.07, 6.45) is 1.91. The van der Waals surface area contributed by atoms with Gasteiger partial charge in [-0.15, -0.1) is 0 Å². The van der Waals surface area contributed by atoms with Gasteiger partial charge in [0, 0.05) is 35.9 Å². The summed E-state index contributed by atoms with van der Waals surface area (Å²) in [5.41, 5.74) is 2.78. The zero-order chi connectivity index (χ0) is 30.2. The largest absolute Gasteiger partial charge is 0.350 e. The van der Waals surface area contributed by atoms with Crippen LogP contribution < -0.4 is 9.62 Å². The van der Waals surface area contributed by atoms with Crippen LogP contribution in [0.1, 0.15) is 50.3 Å². The smallest absolute Gasteiger partial charge is 0.243 e. The fraction of sp³-hybridized carbons (Fsp3) is 0.375. The molecule has 0 aliphatic rings. The average molecular weight is 643 g/mol. The van der Waals surface area contributed by atoms with Crippen molar-refractivity contribution in [2.24, 2.45) is 0 Å². The molecule has 7 nitrogen and oxygen atoms in total. The highest BCUT2D eigenvalue weighted by atomic mass is 79.9. The maximum atomic E-state index is 13.9. The quantitative estimate of drug-likeness (QED) is 0.268. The monoisotopic (exact) mass is 641 g/mol. The molecule has 9 heteroatoms. The molecule has 1 atom stereocenters. The molecule has 3 aromatic rings. The number of nitrogens with zero attached hydrogens (tertiary/aromatic N) is 2. The van der Waals surface area contributed by atoms with Crippen LogP contribution in [0.3, 0.4) is 0 Å². The number of amides is 2. The van der Waals surface area contributed by atoms with Crippen molar-refractivity contribution in [2.75, 3.05) is 17.1 Å². The third kappa shape index (κ3) is 10.0. The van der Waals surface area contributed by atoms with Crippen LogP contribution in [0.15, 0.2) is 83.3 Å². The van der Waals surface area contributed by atoms with Crippen LogP contribution in [0, 0.1) is 6.92 Å². The van der Waals surface area contributed by atoms with Gasteiger partial charge in [-0.3, -0.25) is 13.9 Å². The van der Waals surface area contributed by atoms with Crippen molar-refractivity contribution < 1.29 is 18.0 Å². The Labute approximate surface area is 253 Å². The van der Waals surface area contributed by atoms with Crippen molar-refractivity contribution in [3.8, 4) is 0 Å². The second-order valence-corrected chi connectivity index (χ2v) is 14.1. The van der Waals surface area contributed by atoms with Gasteiger partial charge >= 0.3 is 0 Å². The van der Waals surface area contributed by atoms with Gasteiger partial charge in [0.15, 0.2) is 0 Å². The summed E-state index contributed by atoms with van der Waals surface area (Å²) in [6.45, 7) is 8.00. The lowest BCUT2D eigenvalue weighted by molar-refractivity contribution is -0.142. The predicted molar refractivity (Wildman–Crippen MR) is 169 cm³/mol. The first-order valence-corrected chi connectivity index (χ1v) is 16.3. The van der Waals surface area contributed by atoms with Crippen LogP contribution in [-0.2, 0) is 32.6 Å². The lowest BCUT2D eigenvalue weighted by Gasteiger charge is -2.34. The van der Waals surface area contributed by atoms with Crippen molar-refractivity contribution >= 4 is 43.5 Å². The minimum atomic E-state index is -3.56. The molecule has 41 heavy (non-hydrogen) atoms. The molecule has 0 bridgehead atoms. The van der Waals surface area contributed by atoms with Crippen LogP contribution in [0.5, 0.6) is 0 Å². The Hall–Kier alpha value is -3.17. The first-order chi connectivity index (χ1) is 19.2. The Kier molecular flexibility index (Phi) is 11.2. The van der Waals surface area contributed by atoms with E-state index < -0.39 is 21.6 Å². The SMILES string of the molecule is Cc1ccccc1N(CCCC(=O)N(Cc1ccc(Br)cc1)[C@@H](Cc1ccccc1)C(=O)NC(C)(C)C)S(C)(=O)=O. The number of anilines is 1. The fourth-order valence-electron chi connectivity index (χ4n) is 4.62. The lowest BCUT2D eigenvalue weighted by atomic mass is 10.00. The molecule has 3 rings (SSSR count). The Balaban J connectivity index is 1.90. The molecule has 0 spiro atoms. The highest BCUT2D eigenvalue weighted by molar-refractivity contribution is 9.10. The molecule has 0 heterocycles. The molecule has 0 aliphatic carbocycles. The summed E-state index contributed by atoms with van der Waals surface area (Å²) < 4.78 is 27.6. The number of hydrogen-bond acceptors (Lipinski definition) is 4. The summed E-state index contributed by atoms with van der Waals surface area (Å²) in [6, 6.07) is 23.9. The van der Waals surface area contributed by atoms with Crippen LogP contribution in [0.25, 0.3) is 0 Å². The topological polar surface area (TPSA) is 86.8 Å². The number of nitrogens with one attached hydrogen (secondary N) is 1. The van der Waals surface area contributed by atoms with Crippen LogP contribution in [0.2, 0.25) is 0 Å².